The van der Waals surface area contributed by atoms with Crippen molar-refractivity contribution in [1.82, 2.24) is 9.55 Å². The van der Waals surface area contributed by atoms with Crippen molar-refractivity contribution in [2.45, 2.75) is 0 Å². The van der Waals surface area contributed by atoms with Crippen molar-refractivity contribution < 1.29 is 4.79 Å². The zero-order chi connectivity index (χ0) is 11.5. The Bertz CT molecular complexity index is 527. The van der Waals surface area contributed by atoms with E-state index in [9.17, 15) is 4.79 Å². The lowest BCUT2D eigenvalue weighted by Crippen LogP contribution is -1.91. The number of nitrogen functional groups attached to an aromatic ring is 1. The Balaban J connectivity index is 2.53. The standard InChI is InChI=1S/C10H9IN3OP/c11-16-14-7(6-15)5-10(13-14)8-3-1-2-4-9(8)12/h1-6,16H,12H2. The largest absolute Gasteiger partial charge is 0.398 e. The topological polar surface area (TPSA) is 60.9 Å². The van der Waals surface area contributed by atoms with Crippen LogP contribution < -0.4 is 5.73 Å². The Morgan fingerprint density at radius 3 is 2.75 bits per heavy atom. The predicted molar refractivity (Wildman–Crippen MR) is 75.2 cm³/mol. The molecule has 0 spiro atoms. The van der Waals surface area contributed by atoms with Crippen molar-refractivity contribution in [3.8, 4) is 11.3 Å². The van der Waals surface area contributed by atoms with E-state index in [0.29, 0.717) is 17.8 Å². The van der Waals surface area contributed by atoms with Crippen molar-refractivity contribution in [2.24, 2.45) is 0 Å². The number of benzene rings is 1. The number of rotatable bonds is 3. The van der Waals surface area contributed by atoms with Crippen molar-refractivity contribution in [1.29, 1.82) is 0 Å². The summed E-state index contributed by atoms with van der Waals surface area (Å²) in [6.07, 6.45) is 1.21. The number of anilines is 1. The van der Waals surface area contributed by atoms with Crippen molar-refractivity contribution in [3.05, 3.63) is 36.0 Å². The zero-order valence-corrected chi connectivity index (χ0v) is 11.4. The molecular formula is C10H9IN3OP. The molecule has 82 valence electrons. The molecule has 0 saturated carbocycles. The normalized spacial score (nSPS) is 11.1. The Morgan fingerprint density at radius 2 is 2.19 bits per heavy atom. The van der Waals surface area contributed by atoms with Gasteiger partial charge in [0.1, 0.15) is 5.69 Å². The number of para-hydroxylation sites is 1. The summed E-state index contributed by atoms with van der Waals surface area (Å²) >= 11 is 2.18. The van der Waals surface area contributed by atoms with Gasteiger partial charge in [0.2, 0.25) is 0 Å². The first-order chi connectivity index (χ1) is 7.76. The van der Waals surface area contributed by atoms with Gasteiger partial charge >= 0.3 is 0 Å². The molecule has 0 aliphatic rings. The average molecular weight is 345 g/mol. The van der Waals surface area contributed by atoms with Gasteiger partial charge in [-0.1, -0.05) is 18.2 Å². The van der Waals surface area contributed by atoms with Gasteiger partial charge in [-0.25, -0.2) is 4.45 Å². The highest BCUT2D eigenvalue weighted by atomic mass is 127. The molecule has 1 heterocycles. The SMILES string of the molecule is Nc1ccccc1-c1cc(C=O)n(PI)n1. The monoisotopic (exact) mass is 345 g/mol. The Morgan fingerprint density at radius 1 is 1.44 bits per heavy atom. The summed E-state index contributed by atoms with van der Waals surface area (Å²) in [5.74, 6) is 0. The molecular weight excluding hydrogens is 336 g/mol. The molecule has 2 N–H and O–H groups in total. The van der Waals surface area contributed by atoms with E-state index in [1.54, 1.807) is 10.5 Å². The number of nitrogens with two attached hydrogens (primary N) is 1. The zero-order valence-electron chi connectivity index (χ0n) is 8.22. The van der Waals surface area contributed by atoms with Gasteiger partial charge < -0.3 is 5.73 Å². The second kappa shape index (κ2) is 4.93. The minimum atomic E-state index is 0.402. The summed E-state index contributed by atoms with van der Waals surface area (Å²) in [5, 5.41) is 4.34. The van der Waals surface area contributed by atoms with Crippen molar-refractivity contribution in [3.63, 3.8) is 0 Å². The van der Waals surface area contributed by atoms with Gasteiger partial charge in [0.15, 0.2) is 6.29 Å². The van der Waals surface area contributed by atoms with Crippen molar-refractivity contribution in [2.75, 3.05) is 5.73 Å². The number of aromatic nitrogens is 2. The van der Waals surface area contributed by atoms with E-state index in [1.807, 2.05) is 24.3 Å². The maximum Gasteiger partial charge on any atom is 0.168 e. The van der Waals surface area contributed by atoms with Crippen LogP contribution in [0.25, 0.3) is 11.3 Å². The van der Waals surface area contributed by atoms with E-state index in [4.69, 9.17) is 5.73 Å². The van der Waals surface area contributed by atoms with Gasteiger partial charge in [0, 0.05) is 11.3 Å². The number of hydrogen-bond donors (Lipinski definition) is 1. The number of hydrogen-bond acceptors (Lipinski definition) is 3. The molecule has 0 aliphatic carbocycles. The van der Waals surface area contributed by atoms with E-state index < -0.39 is 0 Å². The first kappa shape index (κ1) is 11.5. The van der Waals surface area contributed by atoms with Crippen LogP contribution in [0.5, 0.6) is 0 Å². The fraction of sp³-hybridized carbons (Fsp3) is 0. The first-order valence-corrected chi connectivity index (χ1v) is 8.59. The van der Waals surface area contributed by atoms with Gasteiger partial charge in [-0.15, -0.1) is 0 Å². The fourth-order valence-electron chi connectivity index (χ4n) is 1.41. The molecule has 0 saturated heterocycles. The molecule has 6 heteroatoms. The second-order valence-electron chi connectivity index (χ2n) is 3.16. The summed E-state index contributed by atoms with van der Waals surface area (Å²) in [7, 11) is 0. The molecule has 2 aromatic rings. The van der Waals surface area contributed by atoms with E-state index in [0.717, 1.165) is 17.5 Å². The van der Waals surface area contributed by atoms with Crippen LogP contribution in [0, 0.1) is 0 Å². The minimum Gasteiger partial charge on any atom is -0.398 e. The van der Waals surface area contributed by atoms with Gasteiger partial charge in [0.25, 0.3) is 0 Å². The van der Waals surface area contributed by atoms with Crippen LogP contribution in [0.4, 0.5) is 5.69 Å². The van der Waals surface area contributed by atoms with Crippen LogP contribution in [0.15, 0.2) is 30.3 Å². The highest BCUT2D eigenvalue weighted by Crippen LogP contribution is 2.30. The van der Waals surface area contributed by atoms with Crippen LogP contribution in [-0.4, -0.2) is 15.8 Å². The molecule has 1 aromatic carbocycles. The third kappa shape index (κ3) is 2.10. The van der Waals surface area contributed by atoms with E-state index >= 15 is 0 Å². The maximum absolute atomic E-state index is 10.8. The van der Waals surface area contributed by atoms with Gasteiger partial charge in [-0.3, -0.25) is 4.79 Å². The van der Waals surface area contributed by atoms with Gasteiger partial charge in [-0.2, -0.15) is 5.10 Å². The molecule has 0 bridgehead atoms. The molecule has 0 radical (unpaired) electrons. The van der Waals surface area contributed by atoms with Gasteiger partial charge in [-0.05, 0) is 34.2 Å². The third-order valence-electron chi connectivity index (χ3n) is 2.17. The highest BCUT2D eigenvalue weighted by molar-refractivity contribution is 14.2. The molecule has 0 aliphatic heterocycles. The van der Waals surface area contributed by atoms with E-state index in [1.165, 1.54) is 0 Å². The maximum atomic E-state index is 10.8. The smallest absolute Gasteiger partial charge is 0.168 e. The van der Waals surface area contributed by atoms with Crippen LogP contribution in [0.3, 0.4) is 0 Å². The lowest BCUT2D eigenvalue weighted by molar-refractivity contribution is 0.111. The molecule has 4 nitrogen and oxygen atoms in total. The number of aldehydes is 1. The summed E-state index contributed by atoms with van der Waals surface area (Å²) in [6, 6.07) is 9.24. The Labute approximate surface area is 108 Å². The van der Waals surface area contributed by atoms with E-state index in [2.05, 4.69) is 27.1 Å². The third-order valence-corrected chi connectivity index (χ3v) is 4.06. The molecule has 0 amide bonds. The number of carbonyl (C=O) groups is 1. The minimum absolute atomic E-state index is 0.402. The molecule has 1 atom stereocenters. The van der Waals surface area contributed by atoms with E-state index in [-0.39, 0.29) is 0 Å². The predicted octanol–water partition coefficient (Wildman–Crippen LogP) is 2.74. The molecule has 1 unspecified atom stereocenters. The highest BCUT2D eigenvalue weighted by Gasteiger charge is 2.09. The number of nitrogens with zero attached hydrogens (tertiary/aromatic N) is 2. The second-order valence-corrected chi connectivity index (χ2v) is 5.20. The fourth-order valence-corrected chi connectivity index (χ4v) is 2.93. The number of halogens is 1. The first-order valence-electron chi connectivity index (χ1n) is 4.53. The lowest BCUT2D eigenvalue weighted by atomic mass is 10.1. The number of carbonyl (C=O) groups excluding carboxylic acids is 1. The Kier molecular flexibility index (Phi) is 3.56. The van der Waals surface area contributed by atoms with Crippen LogP contribution in [0.1, 0.15) is 10.5 Å². The lowest BCUT2D eigenvalue weighted by Gasteiger charge is -2.00. The summed E-state index contributed by atoms with van der Waals surface area (Å²) < 4.78 is 1.68. The average Bonchev–Trinajstić information content (AvgIpc) is 2.72. The van der Waals surface area contributed by atoms with Gasteiger partial charge in [0.05, 0.1) is 12.1 Å². The molecule has 16 heavy (non-hydrogen) atoms. The van der Waals surface area contributed by atoms with Crippen molar-refractivity contribution >= 4 is 40.4 Å². The quantitative estimate of drug-likeness (QED) is 0.403. The van der Waals surface area contributed by atoms with Crippen LogP contribution in [0.2, 0.25) is 0 Å². The molecule has 0 fully saturated rings. The summed E-state index contributed by atoms with van der Waals surface area (Å²) in [5.41, 5.74) is 8.70. The molecule has 1 aromatic heterocycles. The summed E-state index contributed by atoms with van der Waals surface area (Å²) in [4.78, 5) is 10.8. The summed E-state index contributed by atoms with van der Waals surface area (Å²) in [6.45, 7) is 0. The Hall–Kier alpha value is -0.940. The van der Waals surface area contributed by atoms with Crippen LogP contribution in [-0.2, 0) is 0 Å². The molecule has 2 rings (SSSR count). The van der Waals surface area contributed by atoms with Crippen LogP contribution >= 0.6 is 28.4 Å².